The number of rotatable bonds is 6. The molecule has 1 aliphatic rings. The summed E-state index contributed by atoms with van der Waals surface area (Å²) in [5.74, 6) is 6.56. The van der Waals surface area contributed by atoms with Crippen LogP contribution in [-0.4, -0.2) is 23.8 Å². The van der Waals surface area contributed by atoms with E-state index in [-0.39, 0.29) is 17.7 Å². The van der Waals surface area contributed by atoms with Gasteiger partial charge in [-0.2, -0.15) is 0 Å². The molecule has 5 heteroatoms. The normalized spacial score (nSPS) is 19.2. The first-order chi connectivity index (χ1) is 9.61. The highest BCUT2D eigenvalue weighted by Gasteiger charge is 2.42. The van der Waals surface area contributed by atoms with Gasteiger partial charge in [-0.3, -0.25) is 16.3 Å². The zero-order chi connectivity index (χ0) is 14.6. The molecule has 1 aromatic rings. The summed E-state index contributed by atoms with van der Waals surface area (Å²) in [5.41, 5.74) is 3.68. The van der Waals surface area contributed by atoms with Crippen molar-refractivity contribution in [2.24, 2.45) is 5.84 Å². The van der Waals surface area contributed by atoms with Crippen molar-refractivity contribution in [3.8, 4) is 5.75 Å². The topological polar surface area (TPSA) is 69.4 Å². The van der Waals surface area contributed by atoms with Crippen LogP contribution in [0.4, 0.5) is 0 Å². The highest BCUT2D eigenvalue weighted by molar-refractivity contribution is 5.28. The molecule has 0 aromatic carbocycles. The molecule has 0 spiro atoms. The predicted octanol–water partition coefficient (Wildman–Crippen LogP) is 2.33. The van der Waals surface area contributed by atoms with E-state index >= 15 is 0 Å². The number of hydrogen-bond donors (Lipinski definition) is 2. The van der Waals surface area contributed by atoms with Crippen molar-refractivity contribution in [1.82, 2.24) is 10.4 Å². The Bertz CT molecular complexity index is 431. The van der Waals surface area contributed by atoms with Crippen molar-refractivity contribution in [2.45, 2.75) is 57.3 Å². The molecule has 112 valence electrons. The lowest BCUT2D eigenvalue weighted by molar-refractivity contribution is -0.0370. The number of pyridine rings is 1. The summed E-state index contributed by atoms with van der Waals surface area (Å²) < 4.78 is 11.5. The summed E-state index contributed by atoms with van der Waals surface area (Å²) in [6.45, 7) is 4.00. The summed E-state index contributed by atoms with van der Waals surface area (Å²) in [6, 6.07) is 1.93. The second kappa shape index (κ2) is 6.52. The third-order valence-corrected chi connectivity index (χ3v) is 3.99. The Balaban J connectivity index is 2.27. The van der Waals surface area contributed by atoms with E-state index < -0.39 is 0 Å². The van der Waals surface area contributed by atoms with Crippen molar-refractivity contribution in [2.75, 3.05) is 7.11 Å². The predicted molar refractivity (Wildman–Crippen MR) is 78.3 cm³/mol. The zero-order valence-electron chi connectivity index (χ0n) is 12.6. The minimum atomic E-state index is -0.243. The number of hydrazine groups is 1. The molecule has 1 fully saturated rings. The Hall–Kier alpha value is -1.17. The zero-order valence-corrected chi connectivity index (χ0v) is 12.6. The molecule has 1 aliphatic carbocycles. The monoisotopic (exact) mass is 279 g/mol. The maximum absolute atomic E-state index is 5.82. The van der Waals surface area contributed by atoms with E-state index in [1.807, 2.05) is 26.1 Å². The van der Waals surface area contributed by atoms with Crippen LogP contribution in [0.3, 0.4) is 0 Å². The second-order valence-electron chi connectivity index (χ2n) is 5.70. The first kappa shape index (κ1) is 15.2. The number of nitrogens with one attached hydrogen (secondary N) is 1. The van der Waals surface area contributed by atoms with Crippen LogP contribution < -0.4 is 16.0 Å². The first-order valence-electron chi connectivity index (χ1n) is 7.24. The van der Waals surface area contributed by atoms with E-state index in [4.69, 9.17) is 15.3 Å². The molecule has 0 saturated heterocycles. The van der Waals surface area contributed by atoms with Crippen LogP contribution in [0.25, 0.3) is 0 Å². The Kier molecular flexibility index (Phi) is 4.96. The number of aromatic nitrogens is 1. The van der Waals surface area contributed by atoms with E-state index in [1.54, 1.807) is 13.3 Å². The van der Waals surface area contributed by atoms with Gasteiger partial charge < -0.3 is 9.47 Å². The number of nitrogens with two attached hydrogens (primary N) is 1. The van der Waals surface area contributed by atoms with Gasteiger partial charge in [0, 0.05) is 13.3 Å². The maximum atomic E-state index is 5.82. The molecule has 1 unspecified atom stereocenters. The van der Waals surface area contributed by atoms with Gasteiger partial charge in [0.2, 0.25) is 0 Å². The van der Waals surface area contributed by atoms with Crippen molar-refractivity contribution < 1.29 is 9.47 Å². The summed E-state index contributed by atoms with van der Waals surface area (Å²) in [5, 5.41) is 0. The summed E-state index contributed by atoms with van der Waals surface area (Å²) in [4.78, 5) is 4.27. The van der Waals surface area contributed by atoms with Gasteiger partial charge in [-0.25, -0.2) is 0 Å². The van der Waals surface area contributed by atoms with Crippen LogP contribution in [-0.2, 0) is 4.74 Å². The van der Waals surface area contributed by atoms with Crippen LogP contribution in [0.1, 0.15) is 51.1 Å². The molecular formula is C15H25N3O2. The van der Waals surface area contributed by atoms with E-state index in [2.05, 4.69) is 10.4 Å². The molecule has 0 radical (unpaired) electrons. The highest BCUT2D eigenvalue weighted by Crippen LogP contribution is 2.42. The van der Waals surface area contributed by atoms with Crippen LogP contribution in [0.2, 0.25) is 0 Å². The van der Waals surface area contributed by atoms with E-state index in [1.165, 1.54) is 12.8 Å². The van der Waals surface area contributed by atoms with Gasteiger partial charge in [-0.1, -0.05) is 12.8 Å². The lowest BCUT2D eigenvalue weighted by Crippen LogP contribution is -2.46. The quantitative estimate of drug-likeness (QED) is 0.618. The smallest absolute Gasteiger partial charge is 0.138 e. The van der Waals surface area contributed by atoms with Crippen molar-refractivity contribution >= 4 is 0 Å². The number of hydrogen-bond acceptors (Lipinski definition) is 5. The molecular weight excluding hydrogens is 254 g/mol. The minimum absolute atomic E-state index is 0.0711. The Morgan fingerprint density at radius 3 is 2.55 bits per heavy atom. The van der Waals surface area contributed by atoms with E-state index in [9.17, 15) is 0 Å². The largest absolute Gasteiger partial charge is 0.489 e. The molecule has 1 atom stereocenters. The third-order valence-electron chi connectivity index (χ3n) is 3.99. The molecule has 1 aromatic heterocycles. The fraction of sp³-hybridized carbons (Fsp3) is 0.667. The third kappa shape index (κ3) is 3.11. The average Bonchev–Trinajstić information content (AvgIpc) is 2.89. The maximum Gasteiger partial charge on any atom is 0.138 e. The Labute approximate surface area is 120 Å². The molecule has 0 aliphatic heterocycles. The fourth-order valence-electron chi connectivity index (χ4n) is 3.07. The van der Waals surface area contributed by atoms with Crippen LogP contribution in [0.5, 0.6) is 5.75 Å². The SMILES string of the molecule is COC1(C(NN)c2cncc(OC(C)C)c2)CCCC1. The minimum Gasteiger partial charge on any atom is -0.489 e. The summed E-state index contributed by atoms with van der Waals surface area (Å²) in [6.07, 6.45) is 8.03. The molecule has 1 saturated carbocycles. The number of nitrogens with zero attached hydrogens (tertiary/aromatic N) is 1. The fourth-order valence-corrected chi connectivity index (χ4v) is 3.07. The van der Waals surface area contributed by atoms with Gasteiger partial charge in [-0.15, -0.1) is 0 Å². The van der Waals surface area contributed by atoms with Gasteiger partial charge >= 0.3 is 0 Å². The molecule has 2 rings (SSSR count). The van der Waals surface area contributed by atoms with Crippen molar-refractivity contribution in [3.05, 3.63) is 24.0 Å². The first-order valence-corrected chi connectivity index (χ1v) is 7.24. The van der Waals surface area contributed by atoms with Gasteiger partial charge in [0.15, 0.2) is 0 Å². The lowest BCUT2D eigenvalue weighted by atomic mass is 9.88. The van der Waals surface area contributed by atoms with Crippen LogP contribution in [0, 0.1) is 0 Å². The summed E-state index contributed by atoms with van der Waals surface area (Å²) in [7, 11) is 1.76. The van der Waals surface area contributed by atoms with Crippen LogP contribution >= 0.6 is 0 Å². The number of methoxy groups -OCH3 is 1. The lowest BCUT2D eigenvalue weighted by Gasteiger charge is -2.36. The van der Waals surface area contributed by atoms with E-state index in [0.29, 0.717) is 0 Å². The standard InChI is InChI=1S/C15H25N3O2/c1-11(2)20-13-8-12(9-17-10-13)14(18-16)15(19-3)6-4-5-7-15/h8-11,14,18H,4-7,16H2,1-3H3. The highest BCUT2D eigenvalue weighted by atomic mass is 16.5. The van der Waals surface area contributed by atoms with Crippen LogP contribution in [0.15, 0.2) is 18.5 Å². The van der Waals surface area contributed by atoms with Gasteiger partial charge in [-0.05, 0) is 38.3 Å². The van der Waals surface area contributed by atoms with E-state index in [0.717, 1.165) is 24.2 Å². The Morgan fingerprint density at radius 1 is 1.30 bits per heavy atom. The van der Waals surface area contributed by atoms with Gasteiger partial charge in [0.25, 0.3) is 0 Å². The molecule has 0 amide bonds. The van der Waals surface area contributed by atoms with Crippen molar-refractivity contribution in [3.63, 3.8) is 0 Å². The van der Waals surface area contributed by atoms with Gasteiger partial charge in [0.05, 0.1) is 23.9 Å². The summed E-state index contributed by atoms with van der Waals surface area (Å²) >= 11 is 0. The molecule has 1 heterocycles. The number of ether oxygens (including phenoxy) is 2. The van der Waals surface area contributed by atoms with Gasteiger partial charge in [0.1, 0.15) is 5.75 Å². The molecule has 0 bridgehead atoms. The molecule has 5 nitrogen and oxygen atoms in total. The second-order valence-corrected chi connectivity index (χ2v) is 5.70. The molecule has 20 heavy (non-hydrogen) atoms. The average molecular weight is 279 g/mol. The Morgan fingerprint density at radius 2 is 2.00 bits per heavy atom. The van der Waals surface area contributed by atoms with Crippen molar-refractivity contribution in [1.29, 1.82) is 0 Å². The molecule has 3 N–H and O–H groups in total.